The highest BCUT2D eigenvalue weighted by Crippen LogP contribution is 2.35. The zero-order valence-electron chi connectivity index (χ0n) is 12.6. The van der Waals surface area contributed by atoms with Gasteiger partial charge in [-0.3, -0.25) is 9.59 Å². The first kappa shape index (κ1) is 15.6. The summed E-state index contributed by atoms with van der Waals surface area (Å²) < 4.78 is 31.6. The lowest BCUT2D eigenvalue weighted by Crippen LogP contribution is -2.34. The van der Waals surface area contributed by atoms with Gasteiger partial charge in [0.15, 0.2) is 0 Å². The summed E-state index contributed by atoms with van der Waals surface area (Å²) in [5.41, 5.74) is -0.196. The molecule has 0 spiro atoms. The maximum Gasteiger partial charge on any atom is 0.262 e. The number of halogens is 2. The van der Waals surface area contributed by atoms with E-state index < -0.39 is 17.4 Å². The number of carbonyl (C=O) groups excluding carboxylic acids is 1. The van der Waals surface area contributed by atoms with Crippen LogP contribution < -0.4 is 10.9 Å². The Balaban J connectivity index is 1.72. The summed E-state index contributed by atoms with van der Waals surface area (Å²) in [4.78, 5) is 30.5. The van der Waals surface area contributed by atoms with Crippen LogP contribution in [-0.2, 0) is 0 Å². The van der Waals surface area contributed by atoms with E-state index in [0.717, 1.165) is 0 Å². The Bertz CT molecular complexity index is 787. The molecule has 1 aliphatic carbocycles. The third kappa shape index (κ3) is 3.11. The maximum absolute atomic E-state index is 13.1. The summed E-state index contributed by atoms with van der Waals surface area (Å²) in [6.07, 6.45) is 1.66. The normalized spacial score (nSPS) is 18.2. The number of aromatic nitrogens is 2. The lowest BCUT2D eigenvalue weighted by molar-refractivity contribution is -0.0452. The Hall–Kier alpha value is -2.25. The first-order chi connectivity index (χ1) is 10.9. The van der Waals surface area contributed by atoms with Gasteiger partial charge < -0.3 is 14.7 Å². The molecule has 0 bridgehead atoms. The van der Waals surface area contributed by atoms with Crippen LogP contribution in [0, 0.1) is 12.8 Å². The molecule has 1 aliphatic rings. The largest absolute Gasteiger partial charge is 0.442 e. The molecule has 124 valence electrons. The van der Waals surface area contributed by atoms with Crippen LogP contribution >= 0.6 is 0 Å². The number of furan rings is 1. The zero-order valence-corrected chi connectivity index (χ0v) is 12.6. The van der Waals surface area contributed by atoms with Gasteiger partial charge in [0, 0.05) is 19.4 Å². The topological polar surface area (TPSA) is 88.0 Å². The van der Waals surface area contributed by atoms with Crippen molar-refractivity contribution in [2.75, 3.05) is 6.54 Å². The third-order valence-corrected chi connectivity index (χ3v) is 4.29. The van der Waals surface area contributed by atoms with E-state index in [1.807, 2.05) is 0 Å². The molecule has 3 rings (SSSR count). The van der Waals surface area contributed by atoms with Gasteiger partial charge >= 0.3 is 0 Å². The molecular weight excluding hydrogens is 308 g/mol. The van der Waals surface area contributed by atoms with E-state index in [4.69, 9.17) is 4.42 Å². The van der Waals surface area contributed by atoms with Crippen LogP contribution in [0.15, 0.2) is 15.5 Å². The fourth-order valence-electron chi connectivity index (χ4n) is 2.96. The molecule has 0 atom stereocenters. The van der Waals surface area contributed by atoms with Gasteiger partial charge in [0.2, 0.25) is 11.6 Å². The molecule has 0 saturated heterocycles. The van der Waals surface area contributed by atoms with E-state index in [1.54, 1.807) is 6.92 Å². The van der Waals surface area contributed by atoms with Crippen molar-refractivity contribution < 1.29 is 18.0 Å². The predicted molar refractivity (Wildman–Crippen MR) is 78.6 cm³/mol. The molecule has 0 aromatic carbocycles. The highest BCUT2D eigenvalue weighted by atomic mass is 19.3. The number of rotatable bonds is 3. The highest BCUT2D eigenvalue weighted by molar-refractivity contribution is 6.06. The lowest BCUT2D eigenvalue weighted by Gasteiger charge is -2.28. The van der Waals surface area contributed by atoms with Crippen LogP contribution in [0.1, 0.15) is 41.8 Å². The van der Waals surface area contributed by atoms with Gasteiger partial charge in [-0.1, -0.05) is 0 Å². The lowest BCUT2D eigenvalue weighted by atomic mass is 9.87. The summed E-state index contributed by atoms with van der Waals surface area (Å²) >= 11 is 0. The van der Waals surface area contributed by atoms with Gasteiger partial charge in [-0.25, -0.2) is 13.8 Å². The molecule has 0 aliphatic heterocycles. The van der Waals surface area contributed by atoms with E-state index in [1.165, 1.54) is 6.33 Å². The molecular formula is C15H17F2N3O3. The number of alkyl halides is 2. The second-order valence-electron chi connectivity index (χ2n) is 5.95. The fraction of sp³-hybridized carbons (Fsp3) is 0.533. The molecule has 0 unspecified atom stereocenters. The van der Waals surface area contributed by atoms with Crippen molar-refractivity contribution in [2.24, 2.45) is 5.92 Å². The third-order valence-electron chi connectivity index (χ3n) is 4.29. The second kappa shape index (κ2) is 5.75. The van der Waals surface area contributed by atoms with E-state index in [-0.39, 0.29) is 35.4 Å². The van der Waals surface area contributed by atoms with Crippen LogP contribution in [0.25, 0.3) is 11.1 Å². The van der Waals surface area contributed by atoms with Gasteiger partial charge in [-0.15, -0.1) is 0 Å². The second-order valence-corrected chi connectivity index (χ2v) is 5.95. The standard InChI is InChI=1S/C15H17F2N3O3/c1-8-10(11-13(22)19-7-20-14(11)23-8)12(21)18-6-9-2-4-15(16,17)5-3-9/h7,9H,2-6H2,1H3,(H,18,21)(H,19,20,22). The minimum absolute atomic E-state index is 0.0217. The molecule has 2 aromatic heterocycles. The summed E-state index contributed by atoms with van der Waals surface area (Å²) in [7, 11) is 0. The Labute approximate surface area is 130 Å². The maximum atomic E-state index is 13.1. The Morgan fingerprint density at radius 2 is 2.17 bits per heavy atom. The van der Waals surface area contributed by atoms with Crippen molar-refractivity contribution in [1.82, 2.24) is 15.3 Å². The van der Waals surface area contributed by atoms with Gasteiger partial charge in [-0.2, -0.15) is 0 Å². The Morgan fingerprint density at radius 3 is 2.87 bits per heavy atom. The van der Waals surface area contributed by atoms with E-state index in [2.05, 4.69) is 15.3 Å². The monoisotopic (exact) mass is 325 g/mol. The fourth-order valence-corrected chi connectivity index (χ4v) is 2.96. The summed E-state index contributed by atoms with van der Waals surface area (Å²) in [6, 6.07) is 0. The number of nitrogens with zero attached hydrogens (tertiary/aromatic N) is 1. The van der Waals surface area contributed by atoms with Crippen LogP contribution in [-0.4, -0.2) is 28.3 Å². The van der Waals surface area contributed by atoms with Crippen LogP contribution in [0.4, 0.5) is 8.78 Å². The highest BCUT2D eigenvalue weighted by Gasteiger charge is 2.35. The molecule has 23 heavy (non-hydrogen) atoms. The number of H-pyrrole nitrogens is 1. The molecule has 6 nitrogen and oxygen atoms in total. The molecule has 1 saturated carbocycles. The predicted octanol–water partition coefficient (Wildman–Crippen LogP) is 2.38. The van der Waals surface area contributed by atoms with Gasteiger partial charge in [0.1, 0.15) is 11.1 Å². The van der Waals surface area contributed by atoms with Crippen LogP contribution in [0.2, 0.25) is 0 Å². The first-order valence-electron chi connectivity index (χ1n) is 7.50. The van der Waals surface area contributed by atoms with Crippen LogP contribution in [0.3, 0.4) is 0 Å². The van der Waals surface area contributed by atoms with Crippen molar-refractivity contribution in [2.45, 2.75) is 38.5 Å². The average molecular weight is 325 g/mol. The molecule has 1 fully saturated rings. The number of carbonyl (C=O) groups is 1. The van der Waals surface area contributed by atoms with E-state index in [0.29, 0.717) is 25.1 Å². The molecule has 1 amide bonds. The molecule has 2 heterocycles. The molecule has 2 N–H and O–H groups in total. The zero-order chi connectivity index (χ0) is 16.6. The minimum Gasteiger partial charge on any atom is -0.442 e. The molecule has 0 radical (unpaired) electrons. The van der Waals surface area contributed by atoms with E-state index >= 15 is 0 Å². The molecule has 2 aromatic rings. The smallest absolute Gasteiger partial charge is 0.262 e. The average Bonchev–Trinajstić information content (AvgIpc) is 2.83. The number of aryl methyl sites for hydroxylation is 1. The van der Waals surface area contributed by atoms with Crippen molar-refractivity contribution in [3.63, 3.8) is 0 Å². The number of hydrogen-bond acceptors (Lipinski definition) is 4. The minimum atomic E-state index is -2.59. The number of nitrogens with one attached hydrogen (secondary N) is 2. The summed E-state index contributed by atoms with van der Waals surface area (Å²) in [5, 5.41) is 2.83. The number of aromatic amines is 1. The SMILES string of the molecule is Cc1oc2nc[nH]c(=O)c2c1C(=O)NCC1CCC(F)(F)CC1. The molecule has 8 heteroatoms. The van der Waals surface area contributed by atoms with Crippen molar-refractivity contribution in [3.8, 4) is 0 Å². The number of amides is 1. The van der Waals surface area contributed by atoms with Crippen molar-refractivity contribution >= 4 is 17.0 Å². The van der Waals surface area contributed by atoms with Gasteiger partial charge in [0.25, 0.3) is 11.5 Å². The van der Waals surface area contributed by atoms with Gasteiger partial charge in [-0.05, 0) is 25.7 Å². The Morgan fingerprint density at radius 1 is 1.48 bits per heavy atom. The van der Waals surface area contributed by atoms with Gasteiger partial charge in [0.05, 0.1) is 11.9 Å². The summed E-state index contributed by atoms with van der Waals surface area (Å²) in [6.45, 7) is 1.89. The Kier molecular flexibility index (Phi) is 3.91. The van der Waals surface area contributed by atoms with Crippen molar-refractivity contribution in [1.29, 1.82) is 0 Å². The van der Waals surface area contributed by atoms with Crippen molar-refractivity contribution in [3.05, 3.63) is 28.0 Å². The quantitative estimate of drug-likeness (QED) is 0.907. The number of hydrogen-bond donors (Lipinski definition) is 2. The summed E-state index contributed by atoms with van der Waals surface area (Å²) in [5.74, 6) is -2.71. The van der Waals surface area contributed by atoms with E-state index in [9.17, 15) is 18.4 Å². The number of fused-ring (bicyclic) bond motifs is 1. The van der Waals surface area contributed by atoms with Crippen LogP contribution in [0.5, 0.6) is 0 Å². The first-order valence-corrected chi connectivity index (χ1v) is 7.50.